The van der Waals surface area contributed by atoms with Gasteiger partial charge in [0.15, 0.2) is 0 Å². The molecule has 0 radical (unpaired) electrons. The van der Waals surface area contributed by atoms with Gasteiger partial charge in [0.05, 0.1) is 0 Å². The van der Waals surface area contributed by atoms with Gasteiger partial charge in [0.1, 0.15) is 5.78 Å². The molecule has 5 saturated carbocycles. The average Bonchev–Trinajstić information content (AvgIpc) is 2.52. The number of halogens is 2. The van der Waals surface area contributed by atoms with E-state index in [0.29, 0.717) is 11.8 Å². The van der Waals surface area contributed by atoms with Crippen LogP contribution in [0.2, 0.25) is 0 Å². The summed E-state index contributed by atoms with van der Waals surface area (Å²) in [6.45, 7) is 0. The van der Waals surface area contributed by atoms with Crippen molar-refractivity contribution in [2.75, 3.05) is 0 Å². The molecule has 0 spiro atoms. The maximum atomic E-state index is 13.9. The Morgan fingerprint density at radius 3 is 2.64 bits per heavy atom. The summed E-state index contributed by atoms with van der Waals surface area (Å²) in [7, 11) is 0. The van der Waals surface area contributed by atoms with Crippen molar-refractivity contribution in [1.82, 2.24) is 0 Å². The molecule has 1 nitrogen and oxygen atoms in total. The van der Waals surface area contributed by atoms with Crippen molar-refractivity contribution < 1.29 is 13.6 Å². The van der Waals surface area contributed by atoms with E-state index in [4.69, 9.17) is 0 Å². The summed E-state index contributed by atoms with van der Waals surface area (Å²) < 4.78 is 27.8. The van der Waals surface area contributed by atoms with Gasteiger partial charge in [0, 0.05) is 23.7 Å². The molecular weight excluding hydrogens is 186 g/mol. The van der Waals surface area contributed by atoms with Crippen molar-refractivity contribution in [3.05, 3.63) is 0 Å². The van der Waals surface area contributed by atoms with E-state index < -0.39 is 17.8 Å². The average molecular weight is 196 g/mol. The van der Waals surface area contributed by atoms with E-state index in [1.807, 2.05) is 0 Å². The minimum Gasteiger partial charge on any atom is -0.299 e. The zero-order chi connectivity index (χ0) is 9.40. The molecule has 5 fully saturated rings. The summed E-state index contributed by atoms with van der Waals surface area (Å²) in [4.78, 5) is 11.9. The van der Waals surface area contributed by atoms with Crippen molar-refractivity contribution in [3.8, 4) is 0 Å². The first kappa shape index (κ1) is 6.91. The Hall–Kier alpha value is -0.470. The van der Waals surface area contributed by atoms with E-state index >= 15 is 0 Å². The molecule has 5 aliphatic rings. The zero-order valence-corrected chi connectivity index (χ0v) is 7.49. The molecule has 0 N–H and O–H groups in total. The fourth-order valence-corrected chi connectivity index (χ4v) is 6.07. The van der Waals surface area contributed by atoms with Gasteiger partial charge in [-0.2, -0.15) is 0 Å². The molecule has 0 amide bonds. The van der Waals surface area contributed by atoms with Crippen LogP contribution in [0.1, 0.15) is 6.42 Å². The molecule has 3 heteroatoms. The van der Waals surface area contributed by atoms with Gasteiger partial charge in [-0.1, -0.05) is 0 Å². The second-order valence-electron chi connectivity index (χ2n) is 5.90. The SMILES string of the molecule is O=C1[C@@H]2[C@H]3C[C@@H]4[C@@H]5[C@@H]3[C@@H]1[C@H]5C(F)(F)[C@H]42. The summed E-state index contributed by atoms with van der Waals surface area (Å²) >= 11 is 0. The van der Waals surface area contributed by atoms with Crippen LogP contribution < -0.4 is 0 Å². The molecule has 0 saturated heterocycles. The first-order valence-electron chi connectivity index (χ1n) is 5.55. The van der Waals surface area contributed by atoms with E-state index in [1.165, 1.54) is 0 Å². The number of rotatable bonds is 0. The van der Waals surface area contributed by atoms with Crippen molar-refractivity contribution in [3.63, 3.8) is 0 Å². The monoisotopic (exact) mass is 196 g/mol. The minimum atomic E-state index is -2.49. The Kier molecular flexibility index (Phi) is 0.732. The van der Waals surface area contributed by atoms with Gasteiger partial charge in [0.25, 0.3) is 5.92 Å². The highest BCUT2D eigenvalue weighted by Crippen LogP contribution is 2.85. The molecule has 74 valence electrons. The first-order chi connectivity index (χ1) is 6.64. The normalized spacial score (nSPS) is 73.4. The maximum Gasteiger partial charge on any atom is 0.255 e. The Bertz CT molecular complexity index is 391. The van der Waals surface area contributed by atoms with Gasteiger partial charge < -0.3 is 0 Å². The molecular formula is C11H10F2O. The van der Waals surface area contributed by atoms with Crippen molar-refractivity contribution in [2.24, 2.45) is 47.3 Å². The van der Waals surface area contributed by atoms with E-state index in [9.17, 15) is 13.6 Å². The van der Waals surface area contributed by atoms with E-state index in [1.54, 1.807) is 0 Å². The number of carbonyl (C=O) groups excluding carboxylic acids is 1. The van der Waals surface area contributed by atoms with Crippen LogP contribution in [0.5, 0.6) is 0 Å². The molecule has 0 aromatic heterocycles. The predicted octanol–water partition coefficient (Wildman–Crippen LogP) is 1.58. The lowest BCUT2D eigenvalue weighted by molar-refractivity contribution is -0.174. The van der Waals surface area contributed by atoms with E-state index in [2.05, 4.69) is 0 Å². The van der Waals surface area contributed by atoms with E-state index in [-0.39, 0.29) is 29.5 Å². The van der Waals surface area contributed by atoms with Gasteiger partial charge in [0.2, 0.25) is 0 Å². The molecule has 0 heterocycles. The second-order valence-corrected chi connectivity index (χ2v) is 5.90. The molecule has 0 unspecified atom stereocenters. The van der Waals surface area contributed by atoms with Gasteiger partial charge in [-0.3, -0.25) is 4.79 Å². The van der Waals surface area contributed by atoms with Crippen LogP contribution in [0.15, 0.2) is 0 Å². The van der Waals surface area contributed by atoms with Crippen molar-refractivity contribution >= 4 is 5.78 Å². The van der Waals surface area contributed by atoms with Crippen LogP contribution in [0.3, 0.4) is 0 Å². The smallest absolute Gasteiger partial charge is 0.255 e. The Balaban J connectivity index is 1.87. The topological polar surface area (TPSA) is 17.1 Å². The molecule has 14 heavy (non-hydrogen) atoms. The summed E-state index contributed by atoms with van der Waals surface area (Å²) in [6, 6.07) is 0. The first-order valence-corrected chi connectivity index (χ1v) is 5.55. The second kappa shape index (κ2) is 1.48. The fourth-order valence-electron chi connectivity index (χ4n) is 6.07. The third-order valence-electron chi connectivity index (χ3n) is 6.05. The van der Waals surface area contributed by atoms with Crippen LogP contribution in [0, 0.1) is 47.3 Å². The Morgan fingerprint density at radius 2 is 1.86 bits per heavy atom. The van der Waals surface area contributed by atoms with E-state index in [0.717, 1.165) is 6.42 Å². The summed E-state index contributed by atoms with van der Waals surface area (Å²) in [5.74, 6) is -2.54. The highest BCUT2D eigenvalue weighted by Gasteiger charge is 2.89. The number of hydrogen-bond acceptors (Lipinski definition) is 1. The van der Waals surface area contributed by atoms with Crippen LogP contribution in [0.25, 0.3) is 0 Å². The van der Waals surface area contributed by atoms with Gasteiger partial charge in [-0.25, -0.2) is 8.78 Å². The molecule has 0 aliphatic heterocycles. The quantitative estimate of drug-likeness (QED) is 0.575. The molecule has 8 atom stereocenters. The summed E-state index contributed by atoms with van der Waals surface area (Å²) in [5.41, 5.74) is 0. The number of alkyl halides is 2. The number of fused-ring (bicyclic) bond motifs is 2. The van der Waals surface area contributed by atoms with Crippen LogP contribution in [-0.2, 0) is 4.79 Å². The number of Topliss-reactive ketones (excluding diaryl/α,β-unsaturated/α-hetero) is 1. The Morgan fingerprint density at radius 1 is 1.07 bits per heavy atom. The van der Waals surface area contributed by atoms with Crippen molar-refractivity contribution in [2.45, 2.75) is 12.3 Å². The lowest BCUT2D eigenvalue weighted by atomic mass is 9.59. The van der Waals surface area contributed by atoms with Gasteiger partial charge in [-0.15, -0.1) is 0 Å². The highest BCUT2D eigenvalue weighted by molar-refractivity contribution is 5.91. The molecule has 2 bridgehead atoms. The van der Waals surface area contributed by atoms with Crippen molar-refractivity contribution in [1.29, 1.82) is 0 Å². The number of carbonyl (C=O) groups is 1. The van der Waals surface area contributed by atoms with Crippen LogP contribution in [0.4, 0.5) is 8.78 Å². The standard InChI is InChI=1S/C11H10F2O/c12-11(13)8-3-1-2-4-5(3)9(11)7(4)10(14)6(2)8/h2-9H,1H2/t2-,3+,4+,5+,6+,7+,8+,9-/m0/s1. The largest absolute Gasteiger partial charge is 0.299 e. The fraction of sp³-hybridized carbons (Fsp3) is 0.909. The lowest BCUT2D eigenvalue weighted by Crippen LogP contribution is -2.53. The lowest BCUT2D eigenvalue weighted by Gasteiger charge is -2.45. The number of hydrogen-bond donors (Lipinski definition) is 0. The summed E-state index contributed by atoms with van der Waals surface area (Å²) in [5, 5.41) is 0. The molecule has 5 aliphatic carbocycles. The molecule has 0 aromatic rings. The predicted molar refractivity (Wildman–Crippen MR) is 42.5 cm³/mol. The molecule has 5 rings (SSSR count). The number of ketones is 1. The third-order valence-corrected chi connectivity index (χ3v) is 6.05. The maximum absolute atomic E-state index is 13.9. The highest BCUT2D eigenvalue weighted by atomic mass is 19.3. The van der Waals surface area contributed by atoms with Crippen LogP contribution in [-0.4, -0.2) is 11.7 Å². The van der Waals surface area contributed by atoms with Gasteiger partial charge >= 0.3 is 0 Å². The van der Waals surface area contributed by atoms with Gasteiger partial charge in [-0.05, 0) is 30.1 Å². The third kappa shape index (κ3) is 0.361. The molecule has 0 aromatic carbocycles. The van der Waals surface area contributed by atoms with Crippen LogP contribution >= 0.6 is 0 Å². The minimum absolute atomic E-state index is 0.214. The Labute approximate surface area is 79.9 Å². The zero-order valence-electron chi connectivity index (χ0n) is 7.49. The summed E-state index contributed by atoms with van der Waals surface area (Å²) in [6.07, 6.45) is 0.943.